The van der Waals surface area contributed by atoms with E-state index in [2.05, 4.69) is 30.3 Å². The smallest absolute Gasteiger partial charge is 0.387 e. The number of fused-ring (bicyclic) bond motifs is 4. The number of nitrogens with one attached hydrogen (secondary N) is 1. The second-order valence-corrected chi connectivity index (χ2v) is 12.4. The lowest BCUT2D eigenvalue weighted by atomic mass is 10.1. The molecule has 3 aromatic rings. The van der Waals surface area contributed by atoms with Gasteiger partial charge in [0.05, 0.1) is 12.9 Å². The fraction of sp³-hybridized carbons (Fsp3) is 0.550. The normalized spacial score (nSPS) is 33.8. The quantitative estimate of drug-likeness (QED) is 0.0774. The van der Waals surface area contributed by atoms with Gasteiger partial charge in [-0.25, -0.2) is 29.5 Å². The highest BCUT2D eigenvalue weighted by atomic mass is 31.2. The van der Waals surface area contributed by atoms with Gasteiger partial charge >= 0.3 is 16.1 Å². The molecule has 0 aliphatic carbocycles. The summed E-state index contributed by atoms with van der Waals surface area (Å²) in [6.45, 7) is -1.38. The summed E-state index contributed by atoms with van der Waals surface area (Å²) in [5.74, 6) is 0.560. The molecule has 0 bridgehead atoms. The second kappa shape index (κ2) is 11.2. The van der Waals surface area contributed by atoms with Crippen molar-refractivity contribution < 1.29 is 57.3 Å². The molecule has 10 N–H and O–H groups in total. The Bertz CT molecular complexity index is 1690. The Labute approximate surface area is 251 Å². The van der Waals surface area contributed by atoms with Gasteiger partial charge in [-0.3, -0.25) is 23.5 Å². The number of aromatic nitrogens is 6. The number of aliphatic hydroxyl groups excluding tert-OH is 3. The Morgan fingerprint density at radius 2 is 1.71 bits per heavy atom. The third-order valence-electron chi connectivity index (χ3n) is 7.60. The molecule has 4 aliphatic rings. The minimum Gasteiger partial charge on any atom is -0.387 e. The van der Waals surface area contributed by atoms with Crippen LogP contribution in [-0.4, -0.2) is 117 Å². The minimum atomic E-state index is -5.08. The summed E-state index contributed by atoms with van der Waals surface area (Å²) in [5, 5.41) is 34.2. The van der Waals surface area contributed by atoms with E-state index in [4.69, 9.17) is 39.4 Å². The van der Waals surface area contributed by atoms with Gasteiger partial charge in [-0.05, 0) is 0 Å². The van der Waals surface area contributed by atoms with Crippen molar-refractivity contribution in [3.63, 3.8) is 0 Å². The molecule has 2 unspecified atom stereocenters. The predicted molar refractivity (Wildman–Crippen MR) is 145 cm³/mol. The van der Waals surface area contributed by atoms with E-state index in [1.54, 1.807) is 5.01 Å². The van der Waals surface area contributed by atoms with Crippen molar-refractivity contribution in [3.05, 3.63) is 19.0 Å². The molecule has 0 aromatic carbocycles. The van der Waals surface area contributed by atoms with Gasteiger partial charge in [0.2, 0.25) is 0 Å². The Kier molecular flexibility index (Phi) is 7.56. The van der Waals surface area contributed by atoms with Crippen molar-refractivity contribution in [2.24, 2.45) is 0 Å². The average Bonchev–Trinajstić information content (AvgIpc) is 3.23. The van der Waals surface area contributed by atoms with Crippen LogP contribution in [0.25, 0.3) is 11.2 Å². The molecule has 11 atom stereocenters. The maximum atomic E-state index is 13.1. The van der Waals surface area contributed by atoms with Crippen molar-refractivity contribution in [2.75, 3.05) is 34.6 Å². The molecule has 23 nitrogen and oxygen atoms in total. The summed E-state index contributed by atoms with van der Waals surface area (Å²) in [7, 11) is -8.18. The lowest BCUT2D eigenvalue weighted by molar-refractivity contribution is -0.0490. The monoisotopic (exact) mass is 674 g/mol. The Morgan fingerprint density at radius 1 is 0.978 bits per heavy atom. The van der Waals surface area contributed by atoms with E-state index in [1.807, 2.05) is 0 Å². The van der Waals surface area contributed by atoms with Crippen LogP contribution in [0, 0.1) is 0 Å². The molecule has 25 heteroatoms. The molecular weight excluding hydrogens is 648 g/mol. The summed E-state index contributed by atoms with van der Waals surface area (Å²) >= 11 is 0. The lowest BCUT2D eigenvalue weighted by Gasteiger charge is -2.27. The number of phosphoric acid groups is 1. The zero-order valence-electron chi connectivity index (χ0n) is 22.6. The van der Waals surface area contributed by atoms with E-state index in [9.17, 15) is 29.3 Å². The molecule has 3 saturated heterocycles. The van der Waals surface area contributed by atoms with Gasteiger partial charge in [0.25, 0.3) is 0 Å². The first-order valence-electron chi connectivity index (χ1n) is 13.1. The van der Waals surface area contributed by atoms with E-state index in [-0.39, 0.29) is 22.8 Å². The number of nitrogens with zero attached hydrogens (tertiary/aromatic N) is 8. The van der Waals surface area contributed by atoms with Crippen molar-refractivity contribution in [2.45, 2.75) is 55.4 Å². The average molecular weight is 674 g/mol. The molecule has 0 radical (unpaired) electrons. The van der Waals surface area contributed by atoms with E-state index < -0.39 is 84.7 Å². The molecule has 0 saturated carbocycles. The molecule has 3 aromatic heterocycles. The molecule has 45 heavy (non-hydrogen) atoms. The van der Waals surface area contributed by atoms with Crippen LogP contribution in [0.4, 0.5) is 23.1 Å². The molecule has 4 aliphatic heterocycles. The number of imidazole rings is 1. The van der Waals surface area contributed by atoms with Gasteiger partial charge in [0.15, 0.2) is 41.8 Å². The number of rotatable bonds is 10. The van der Waals surface area contributed by atoms with Crippen molar-refractivity contribution in [1.29, 1.82) is 0 Å². The molecule has 0 amide bonds. The number of hydrogen-bond donors (Lipinski definition) is 8. The van der Waals surface area contributed by atoms with Crippen molar-refractivity contribution >= 4 is 50.4 Å². The standard InChI is InChI=1S/C20H25N11O12P2/c21-14-8-16(25-3-23-14)29(5-27-8)18-12(34)13(7(42-18)1-39-44(35)36)43-45(37,38)40-2-6-10(32)11(33)19(41-6)30-17-9(31-20(30)28-31)15(22)24-4-26-17/h3-7,10-13,18-20,28,32-34H,1-2H2,(H5-,21,22,23,24,25,26,35,36,37,38)/p+1/t6-,7-,10-,11-,12-,13-,18-,19-,20+,31?/m1/s1. The minimum absolute atomic E-state index is 0.0465. The first kappa shape index (κ1) is 30.4. The molecule has 3 fully saturated rings. The van der Waals surface area contributed by atoms with Crippen LogP contribution in [-0.2, 0) is 32.2 Å². The fourth-order valence-corrected chi connectivity index (χ4v) is 6.74. The highest BCUT2D eigenvalue weighted by Gasteiger charge is 2.58. The predicted octanol–water partition coefficient (Wildman–Crippen LogP) is -3.22. The SMILES string of the molecule is Nc1ncnc2c1N1N[C@H]1N2[C@@H]1O[C@H](COP(=O)(O)O[C@H]2[C@@H](O)[C@H](n3cnc4c(N)ncnc43)O[C@@H]2CO[P+](=O)O)[C@@H](O)[C@H]1O. The van der Waals surface area contributed by atoms with Crippen molar-refractivity contribution in [1.82, 2.24) is 34.9 Å². The zero-order chi connectivity index (χ0) is 31.8. The Hall–Kier alpha value is -3.28. The number of nitrogens with two attached hydrogens (primary N) is 2. The van der Waals surface area contributed by atoms with Crippen molar-refractivity contribution in [3.8, 4) is 0 Å². The van der Waals surface area contributed by atoms with Crippen LogP contribution in [0.3, 0.4) is 0 Å². The number of ether oxygens (including phenoxy) is 2. The molecule has 7 rings (SSSR count). The van der Waals surface area contributed by atoms with Crippen LogP contribution in [0.1, 0.15) is 6.23 Å². The second-order valence-electron chi connectivity index (χ2n) is 10.3. The maximum Gasteiger partial charge on any atom is 0.694 e. The first-order chi connectivity index (χ1) is 21.4. The summed E-state index contributed by atoms with van der Waals surface area (Å²) in [5.41, 5.74) is 15.5. The van der Waals surface area contributed by atoms with Crippen LogP contribution < -0.4 is 26.8 Å². The fourth-order valence-electron chi connectivity index (χ4n) is 5.50. The van der Waals surface area contributed by atoms with E-state index >= 15 is 0 Å². The molecular formula is C20H26N11O12P2+. The van der Waals surface area contributed by atoms with Gasteiger partial charge in [0, 0.05) is 4.57 Å². The van der Waals surface area contributed by atoms with Crippen LogP contribution in [0.15, 0.2) is 19.0 Å². The number of anilines is 4. The van der Waals surface area contributed by atoms with E-state index in [1.165, 1.54) is 22.1 Å². The largest absolute Gasteiger partial charge is 0.694 e. The Morgan fingerprint density at radius 3 is 2.49 bits per heavy atom. The molecule has 242 valence electrons. The highest BCUT2D eigenvalue weighted by Crippen LogP contribution is 2.51. The Balaban J connectivity index is 1.04. The number of hydrogen-bond acceptors (Lipinski definition) is 20. The van der Waals surface area contributed by atoms with Crippen LogP contribution in [0.2, 0.25) is 0 Å². The van der Waals surface area contributed by atoms with Crippen LogP contribution >= 0.6 is 16.1 Å². The molecule has 7 heterocycles. The summed E-state index contributed by atoms with van der Waals surface area (Å²) in [6, 6.07) is 0. The highest BCUT2D eigenvalue weighted by molar-refractivity contribution is 7.47. The van der Waals surface area contributed by atoms with Gasteiger partial charge in [-0.1, -0.05) is 0 Å². The summed E-state index contributed by atoms with van der Waals surface area (Å²) in [6.07, 6.45) is -8.45. The molecule has 0 spiro atoms. The third-order valence-corrected chi connectivity index (χ3v) is 8.95. The van der Waals surface area contributed by atoms with Gasteiger partial charge < -0.3 is 41.2 Å². The third kappa shape index (κ3) is 5.26. The van der Waals surface area contributed by atoms with Gasteiger partial charge in [0.1, 0.15) is 67.1 Å². The van der Waals surface area contributed by atoms with Crippen LogP contribution in [0.5, 0.6) is 0 Å². The van der Waals surface area contributed by atoms with E-state index in [0.29, 0.717) is 11.5 Å². The number of nitrogen functional groups attached to an aromatic ring is 2. The first-order valence-corrected chi connectivity index (χ1v) is 15.7. The maximum absolute atomic E-state index is 13.1. The van der Waals surface area contributed by atoms with E-state index in [0.717, 1.165) is 6.33 Å². The zero-order valence-corrected chi connectivity index (χ0v) is 24.4. The van der Waals surface area contributed by atoms with Gasteiger partial charge in [-0.2, -0.15) is 5.43 Å². The topological polar surface area (TPSA) is 331 Å². The summed E-state index contributed by atoms with van der Waals surface area (Å²) < 4.78 is 52.2. The summed E-state index contributed by atoms with van der Waals surface area (Å²) in [4.78, 5) is 41.4. The number of hydrazine groups is 1. The lowest BCUT2D eigenvalue weighted by Crippen LogP contribution is -2.46. The van der Waals surface area contributed by atoms with Gasteiger partial charge in [-0.15, -0.1) is 9.42 Å². The number of aliphatic hydroxyl groups is 3. The number of phosphoric ester groups is 1.